The Morgan fingerprint density at radius 3 is 2.27 bits per heavy atom. The summed E-state index contributed by atoms with van der Waals surface area (Å²) in [4.78, 5) is 0. The van der Waals surface area contributed by atoms with Gasteiger partial charge in [-0.1, -0.05) is 27.2 Å². The van der Waals surface area contributed by atoms with E-state index in [2.05, 4.69) is 20.8 Å². The van der Waals surface area contributed by atoms with Crippen LogP contribution in [0.4, 0.5) is 0 Å². The van der Waals surface area contributed by atoms with Gasteiger partial charge in [0.05, 0.1) is 0 Å². The lowest BCUT2D eigenvalue weighted by Crippen LogP contribution is -2.33. The molecule has 0 N–H and O–H groups in total. The molecule has 2 aliphatic rings. The van der Waals surface area contributed by atoms with E-state index in [-0.39, 0.29) is 0 Å². The smallest absolute Gasteiger partial charge is 0.0295 e. The van der Waals surface area contributed by atoms with E-state index in [1.165, 1.54) is 25.7 Å². The third kappa shape index (κ3) is 0.947. The zero-order chi connectivity index (χ0) is 8.06. The van der Waals surface area contributed by atoms with Crippen LogP contribution in [0, 0.1) is 23.2 Å². The van der Waals surface area contributed by atoms with Crippen molar-refractivity contribution in [3.8, 4) is 0 Å². The van der Waals surface area contributed by atoms with E-state index in [1.54, 1.807) is 0 Å². The molecule has 1 unspecified atom stereocenters. The molecule has 0 heterocycles. The first-order valence-electron chi connectivity index (χ1n) is 5.12. The van der Waals surface area contributed by atoms with E-state index in [0.717, 1.165) is 17.8 Å². The Labute approximate surface area is 70.4 Å². The number of hydrogen-bond acceptors (Lipinski definition) is 0. The molecule has 2 fully saturated rings. The second-order valence-corrected chi connectivity index (χ2v) is 5.26. The van der Waals surface area contributed by atoms with E-state index >= 15 is 0 Å². The molecule has 0 radical (unpaired) electrons. The highest BCUT2D eigenvalue weighted by Crippen LogP contribution is 2.56. The lowest BCUT2D eigenvalue weighted by atomic mass is 9.64. The topological polar surface area (TPSA) is 0 Å². The molecular formula is C11H20. The Hall–Kier alpha value is 0. The summed E-state index contributed by atoms with van der Waals surface area (Å²) in [6.07, 6.45) is 6.03. The standard InChI is InChI=1S/C11H20/c1-8-4-5-9-6-7-10(8)11(9,2)3/h8-10H,4-7H2,1-3H3/t8?,9-,10-/m1/s1. The average molecular weight is 152 g/mol. The van der Waals surface area contributed by atoms with Crippen LogP contribution in [0.5, 0.6) is 0 Å². The lowest BCUT2D eigenvalue weighted by molar-refractivity contribution is 0.0794. The quantitative estimate of drug-likeness (QED) is 0.498. The fourth-order valence-electron chi connectivity index (χ4n) is 3.63. The highest BCUT2D eigenvalue weighted by molar-refractivity contribution is 4.97. The van der Waals surface area contributed by atoms with Crippen molar-refractivity contribution < 1.29 is 0 Å². The van der Waals surface area contributed by atoms with Crippen molar-refractivity contribution in [3.63, 3.8) is 0 Å². The molecular weight excluding hydrogens is 132 g/mol. The molecule has 11 heavy (non-hydrogen) atoms. The van der Waals surface area contributed by atoms with E-state index in [0.29, 0.717) is 5.41 Å². The first-order chi connectivity index (χ1) is 5.12. The molecule has 2 rings (SSSR count). The molecule has 0 aromatic carbocycles. The Bertz CT molecular complexity index is 157. The largest absolute Gasteiger partial charge is 0.0622 e. The van der Waals surface area contributed by atoms with Crippen molar-refractivity contribution in [2.45, 2.75) is 46.5 Å². The Morgan fingerprint density at radius 2 is 1.64 bits per heavy atom. The molecule has 0 saturated heterocycles. The van der Waals surface area contributed by atoms with Crippen molar-refractivity contribution in [2.24, 2.45) is 23.2 Å². The van der Waals surface area contributed by atoms with Crippen LogP contribution in [0.25, 0.3) is 0 Å². The molecule has 0 amide bonds. The maximum atomic E-state index is 2.49. The molecule has 0 nitrogen and oxygen atoms in total. The van der Waals surface area contributed by atoms with Crippen LogP contribution >= 0.6 is 0 Å². The van der Waals surface area contributed by atoms with Gasteiger partial charge in [0.2, 0.25) is 0 Å². The second kappa shape index (κ2) is 2.24. The minimum Gasteiger partial charge on any atom is -0.0622 e. The van der Waals surface area contributed by atoms with Gasteiger partial charge in [-0.15, -0.1) is 0 Å². The number of fused-ring (bicyclic) bond motifs is 2. The lowest BCUT2D eigenvalue weighted by Gasteiger charge is -2.41. The van der Waals surface area contributed by atoms with Gasteiger partial charge in [0, 0.05) is 0 Å². The molecule has 3 atom stereocenters. The molecule has 0 aromatic heterocycles. The highest BCUT2D eigenvalue weighted by Gasteiger charge is 2.47. The Balaban J connectivity index is 2.24. The molecule has 0 spiro atoms. The maximum absolute atomic E-state index is 2.49. The van der Waals surface area contributed by atoms with E-state index in [1.807, 2.05) is 0 Å². The normalized spacial score (nSPS) is 47.7. The van der Waals surface area contributed by atoms with Gasteiger partial charge in [-0.05, 0) is 42.4 Å². The van der Waals surface area contributed by atoms with Gasteiger partial charge in [-0.3, -0.25) is 0 Å². The Morgan fingerprint density at radius 1 is 1.00 bits per heavy atom. The predicted octanol–water partition coefficient (Wildman–Crippen LogP) is 3.47. The van der Waals surface area contributed by atoms with Crippen LogP contribution in [0.3, 0.4) is 0 Å². The van der Waals surface area contributed by atoms with E-state index in [9.17, 15) is 0 Å². The first kappa shape index (κ1) is 7.64. The van der Waals surface area contributed by atoms with Gasteiger partial charge in [0.15, 0.2) is 0 Å². The van der Waals surface area contributed by atoms with Crippen LogP contribution < -0.4 is 0 Å². The van der Waals surface area contributed by atoms with Crippen LogP contribution in [0.2, 0.25) is 0 Å². The van der Waals surface area contributed by atoms with Crippen molar-refractivity contribution in [1.29, 1.82) is 0 Å². The Kier molecular flexibility index (Phi) is 1.56. The molecule has 0 aliphatic heterocycles. The summed E-state index contributed by atoms with van der Waals surface area (Å²) in [5.74, 6) is 3.11. The molecule has 2 saturated carbocycles. The fourth-order valence-corrected chi connectivity index (χ4v) is 3.63. The maximum Gasteiger partial charge on any atom is -0.0295 e. The predicted molar refractivity (Wildman–Crippen MR) is 48.4 cm³/mol. The zero-order valence-electron chi connectivity index (χ0n) is 8.06. The van der Waals surface area contributed by atoms with Crippen molar-refractivity contribution >= 4 is 0 Å². The average Bonchev–Trinajstić information content (AvgIpc) is 2.15. The summed E-state index contributed by atoms with van der Waals surface area (Å²) in [7, 11) is 0. The van der Waals surface area contributed by atoms with Crippen molar-refractivity contribution in [2.75, 3.05) is 0 Å². The van der Waals surface area contributed by atoms with Gasteiger partial charge in [0.25, 0.3) is 0 Å². The summed E-state index contributed by atoms with van der Waals surface area (Å²) < 4.78 is 0. The van der Waals surface area contributed by atoms with Gasteiger partial charge in [-0.25, -0.2) is 0 Å². The van der Waals surface area contributed by atoms with E-state index < -0.39 is 0 Å². The molecule has 64 valence electrons. The fraction of sp³-hybridized carbons (Fsp3) is 1.00. The van der Waals surface area contributed by atoms with Crippen molar-refractivity contribution in [3.05, 3.63) is 0 Å². The van der Waals surface area contributed by atoms with Crippen LogP contribution in [0.15, 0.2) is 0 Å². The minimum atomic E-state index is 0.678. The van der Waals surface area contributed by atoms with Crippen LogP contribution in [-0.4, -0.2) is 0 Å². The summed E-state index contributed by atoms with van der Waals surface area (Å²) in [6.45, 7) is 7.43. The molecule has 2 aliphatic carbocycles. The summed E-state index contributed by atoms with van der Waals surface area (Å²) in [5.41, 5.74) is 0.678. The van der Waals surface area contributed by atoms with Gasteiger partial charge < -0.3 is 0 Å². The third-order valence-corrected chi connectivity index (χ3v) is 4.49. The number of rotatable bonds is 0. The van der Waals surface area contributed by atoms with Crippen LogP contribution in [-0.2, 0) is 0 Å². The summed E-state index contributed by atoms with van der Waals surface area (Å²) >= 11 is 0. The van der Waals surface area contributed by atoms with Gasteiger partial charge in [0.1, 0.15) is 0 Å². The molecule has 0 aromatic rings. The monoisotopic (exact) mass is 152 g/mol. The SMILES string of the molecule is CC1CC[C@@H]2CC[C@H]1C2(C)C. The summed E-state index contributed by atoms with van der Waals surface area (Å²) in [5, 5.41) is 0. The second-order valence-electron chi connectivity index (χ2n) is 5.26. The van der Waals surface area contributed by atoms with Crippen LogP contribution in [0.1, 0.15) is 46.5 Å². The molecule has 2 bridgehead atoms. The van der Waals surface area contributed by atoms with E-state index in [4.69, 9.17) is 0 Å². The minimum absolute atomic E-state index is 0.678. The van der Waals surface area contributed by atoms with Gasteiger partial charge in [-0.2, -0.15) is 0 Å². The van der Waals surface area contributed by atoms with Crippen molar-refractivity contribution in [1.82, 2.24) is 0 Å². The number of hydrogen-bond donors (Lipinski definition) is 0. The zero-order valence-corrected chi connectivity index (χ0v) is 8.06. The highest BCUT2D eigenvalue weighted by atomic mass is 14.5. The molecule has 0 heteroatoms. The summed E-state index contributed by atoms with van der Waals surface area (Å²) in [6, 6.07) is 0. The van der Waals surface area contributed by atoms with Gasteiger partial charge >= 0.3 is 0 Å². The first-order valence-corrected chi connectivity index (χ1v) is 5.12. The third-order valence-electron chi connectivity index (χ3n) is 4.49.